The number of nitrogens with two attached hydrogens (primary N) is 1. The minimum Gasteiger partial charge on any atom is -0.354 e. The number of hydrogen-bond acceptors (Lipinski definition) is 9. The number of hydrogen-bond donors (Lipinski definition) is 2. The largest absolute Gasteiger partial charge is 0.354 e. The average molecular weight is 447 g/mol. The Morgan fingerprint density at radius 3 is 2.75 bits per heavy atom. The quantitative estimate of drug-likeness (QED) is 0.481. The zero-order chi connectivity index (χ0) is 22.2. The number of nitrogens with one attached hydrogen (secondary N) is 1. The Balaban J connectivity index is 1.37. The highest BCUT2D eigenvalue weighted by Gasteiger charge is 2.24. The van der Waals surface area contributed by atoms with Crippen LogP contribution < -0.4 is 20.9 Å². The van der Waals surface area contributed by atoms with E-state index >= 15 is 0 Å². The van der Waals surface area contributed by atoms with Crippen molar-refractivity contribution in [3.05, 3.63) is 54.5 Å². The fourth-order valence-corrected chi connectivity index (χ4v) is 4.24. The second-order valence-corrected chi connectivity index (χ2v) is 8.89. The van der Waals surface area contributed by atoms with E-state index in [2.05, 4.69) is 20.3 Å². The molecule has 10 heteroatoms. The molecule has 0 aromatic carbocycles. The highest BCUT2D eigenvalue weighted by molar-refractivity contribution is 7.18. The van der Waals surface area contributed by atoms with E-state index in [0.717, 1.165) is 45.5 Å². The van der Waals surface area contributed by atoms with Gasteiger partial charge in [0.25, 0.3) is 5.91 Å². The highest BCUT2D eigenvalue weighted by atomic mass is 32.1. The first-order chi connectivity index (χ1) is 15.5. The lowest BCUT2D eigenvalue weighted by molar-refractivity contribution is 0.102. The fourth-order valence-electron chi connectivity index (χ4n) is 3.43. The number of amides is 1. The van der Waals surface area contributed by atoms with Gasteiger partial charge >= 0.3 is 0 Å². The Labute approximate surface area is 189 Å². The Morgan fingerprint density at radius 2 is 2.00 bits per heavy atom. The number of aromatic nitrogens is 4. The Bertz CT molecular complexity index is 1300. The van der Waals surface area contributed by atoms with Gasteiger partial charge in [-0.05, 0) is 24.3 Å². The van der Waals surface area contributed by atoms with E-state index in [9.17, 15) is 4.79 Å². The van der Waals surface area contributed by atoms with E-state index in [-0.39, 0.29) is 11.9 Å². The highest BCUT2D eigenvalue weighted by Crippen LogP contribution is 2.30. The first kappa shape index (κ1) is 20.3. The maximum absolute atomic E-state index is 12.8. The van der Waals surface area contributed by atoms with Crippen LogP contribution in [0.1, 0.15) is 10.4 Å². The average Bonchev–Trinajstić information content (AvgIpc) is 3.27. The predicted octanol–water partition coefficient (Wildman–Crippen LogP) is 2.61. The van der Waals surface area contributed by atoms with Crippen molar-refractivity contribution in [2.45, 2.75) is 6.04 Å². The molecule has 0 aliphatic carbocycles. The second kappa shape index (κ2) is 8.13. The van der Waals surface area contributed by atoms with E-state index in [1.165, 1.54) is 0 Å². The molecule has 3 N–H and O–H groups in total. The lowest BCUT2D eigenvalue weighted by Crippen LogP contribution is -2.56. The van der Waals surface area contributed by atoms with Crippen molar-refractivity contribution in [2.75, 3.05) is 42.3 Å². The van der Waals surface area contributed by atoms with Crippen LogP contribution in [0.3, 0.4) is 0 Å². The summed E-state index contributed by atoms with van der Waals surface area (Å²) in [5, 5.41) is 4.67. The zero-order valence-corrected chi connectivity index (χ0v) is 18.5. The number of carbonyl (C=O) groups excluding carboxylic acids is 1. The first-order valence-corrected chi connectivity index (χ1v) is 11.0. The number of nitrogens with zero attached hydrogens (tertiary/aromatic N) is 6. The van der Waals surface area contributed by atoms with Crippen molar-refractivity contribution in [1.82, 2.24) is 19.9 Å². The normalized spacial score (nSPS) is 13.8. The van der Waals surface area contributed by atoms with Gasteiger partial charge in [-0.3, -0.25) is 4.79 Å². The molecular weight excluding hydrogens is 424 g/mol. The topological polar surface area (TPSA) is 113 Å². The van der Waals surface area contributed by atoms with E-state index in [4.69, 9.17) is 10.7 Å². The third kappa shape index (κ3) is 3.97. The molecule has 0 unspecified atom stereocenters. The predicted molar refractivity (Wildman–Crippen MR) is 127 cm³/mol. The molecule has 32 heavy (non-hydrogen) atoms. The molecule has 1 fully saturated rings. The van der Waals surface area contributed by atoms with E-state index < -0.39 is 0 Å². The van der Waals surface area contributed by atoms with Gasteiger partial charge in [-0.25, -0.2) is 19.9 Å². The summed E-state index contributed by atoms with van der Waals surface area (Å²) in [6.07, 6.45) is 5.16. The summed E-state index contributed by atoms with van der Waals surface area (Å²) < 4.78 is 0. The minimum atomic E-state index is -0.250. The summed E-state index contributed by atoms with van der Waals surface area (Å²) in [5.74, 6) is 0.938. The Kier molecular flexibility index (Phi) is 5.16. The van der Waals surface area contributed by atoms with Crippen LogP contribution in [0.15, 0.2) is 48.9 Å². The maximum Gasteiger partial charge on any atom is 0.257 e. The SMILES string of the molecule is CN(C)c1ncc(-c2ccc3cnc(NC(=O)c4ccnc(N5CC(N)C5)c4)cc3n2)s1. The van der Waals surface area contributed by atoms with E-state index in [1.54, 1.807) is 41.9 Å². The molecule has 5 rings (SSSR count). The molecule has 1 aliphatic heterocycles. The van der Waals surface area contributed by atoms with Crippen LogP contribution in [0, 0.1) is 0 Å². The maximum atomic E-state index is 12.8. The lowest BCUT2D eigenvalue weighted by atomic mass is 10.1. The molecule has 1 amide bonds. The van der Waals surface area contributed by atoms with Crippen LogP contribution in [0.2, 0.25) is 0 Å². The molecule has 0 atom stereocenters. The van der Waals surface area contributed by atoms with Gasteiger partial charge in [0.15, 0.2) is 5.13 Å². The first-order valence-electron chi connectivity index (χ1n) is 10.1. The number of carbonyl (C=O) groups is 1. The minimum absolute atomic E-state index is 0.160. The molecule has 9 nitrogen and oxygen atoms in total. The van der Waals surface area contributed by atoms with Gasteiger partial charge in [-0.1, -0.05) is 11.3 Å². The van der Waals surface area contributed by atoms with Crippen LogP contribution >= 0.6 is 11.3 Å². The van der Waals surface area contributed by atoms with Gasteiger partial charge in [-0.15, -0.1) is 0 Å². The van der Waals surface area contributed by atoms with Crippen molar-refractivity contribution in [1.29, 1.82) is 0 Å². The summed E-state index contributed by atoms with van der Waals surface area (Å²) in [6.45, 7) is 1.49. The molecule has 4 aromatic rings. The van der Waals surface area contributed by atoms with Crippen molar-refractivity contribution < 1.29 is 4.79 Å². The van der Waals surface area contributed by atoms with Crippen LogP contribution in [0.5, 0.6) is 0 Å². The van der Waals surface area contributed by atoms with Crippen molar-refractivity contribution in [3.8, 4) is 10.6 Å². The Hall–Kier alpha value is -3.63. The molecule has 4 aromatic heterocycles. The number of anilines is 3. The van der Waals surface area contributed by atoms with E-state index in [1.807, 2.05) is 42.2 Å². The zero-order valence-electron chi connectivity index (χ0n) is 17.7. The summed E-state index contributed by atoms with van der Waals surface area (Å²) in [7, 11) is 3.92. The van der Waals surface area contributed by atoms with Crippen molar-refractivity contribution >= 4 is 44.9 Å². The van der Waals surface area contributed by atoms with Crippen molar-refractivity contribution in [2.24, 2.45) is 5.73 Å². The molecule has 0 saturated carbocycles. The molecule has 0 radical (unpaired) electrons. The molecule has 1 aliphatic rings. The number of rotatable bonds is 5. The smallest absolute Gasteiger partial charge is 0.257 e. The third-order valence-corrected chi connectivity index (χ3v) is 6.37. The summed E-state index contributed by atoms with van der Waals surface area (Å²) in [6, 6.07) is 9.31. The molecule has 0 bridgehead atoms. The molecule has 162 valence electrons. The Morgan fingerprint density at radius 1 is 1.16 bits per heavy atom. The fraction of sp³-hybridized carbons (Fsp3) is 0.227. The lowest BCUT2D eigenvalue weighted by Gasteiger charge is -2.37. The summed E-state index contributed by atoms with van der Waals surface area (Å²) in [4.78, 5) is 35.7. The molecule has 1 saturated heterocycles. The molecule has 5 heterocycles. The molecular formula is C22H22N8OS. The van der Waals surface area contributed by atoms with Gasteiger partial charge < -0.3 is 20.9 Å². The molecule has 0 spiro atoms. The number of thiazole rings is 1. The van der Waals surface area contributed by atoms with Crippen LogP contribution in [-0.4, -0.2) is 59.1 Å². The number of pyridine rings is 3. The van der Waals surface area contributed by atoms with Crippen molar-refractivity contribution in [3.63, 3.8) is 0 Å². The van der Waals surface area contributed by atoms with Gasteiger partial charge in [0, 0.05) is 68.8 Å². The summed E-state index contributed by atoms with van der Waals surface area (Å²) >= 11 is 1.57. The van der Waals surface area contributed by atoms with Gasteiger partial charge in [0.2, 0.25) is 0 Å². The monoisotopic (exact) mass is 446 g/mol. The van der Waals surface area contributed by atoms with Gasteiger partial charge in [0.1, 0.15) is 11.6 Å². The van der Waals surface area contributed by atoms with E-state index in [0.29, 0.717) is 11.4 Å². The number of fused-ring (bicyclic) bond motifs is 1. The third-order valence-electron chi connectivity index (χ3n) is 5.19. The van der Waals surface area contributed by atoms with Gasteiger partial charge in [-0.2, -0.15) is 0 Å². The van der Waals surface area contributed by atoms with Crippen LogP contribution in [0.4, 0.5) is 16.8 Å². The standard InChI is InChI=1S/C22H22N8OS/c1-29(2)22-26-10-18(32-22)16-4-3-14-9-25-19(8-17(14)27-16)28-21(31)13-5-6-24-20(7-13)30-11-15(23)12-30/h3-10,15H,11-12,23H2,1-2H3,(H,25,28,31). The summed E-state index contributed by atoms with van der Waals surface area (Å²) in [5.41, 5.74) is 7.94. The van der Waals surface area contributed by atoms with Gasteiger partial charge in [0.05, 0.1) is 16.1 Å². The van der Waals surface area contributed by atoms with Crippen LogP contribution in [0.25, 0.3) is 21.5 Å². The second-order valence-electron chi connectivity index (χ2n) is 7.88. The van der Waals surface area contributed by atoms with Crippen LogP contribution in [-0.2, 0) is 0 Å².